The molecule has 0 aliphatic carbocycles. The molecule has 1 heterocycles. The van der Waals surface area contributed by atoms with Gasteiger partial charge < -0.3 is 10.2 Å². The minimum Gasteiger partial charge on any atom is -0.336 e. The Bertz CT molecular complexity index is 589. The van der Waals surface area contributed by atoms with Gasteiger partial charge in [-0.05, 0) is 26.0 Å². The first-order valence-electron chi connectivity index (χ1n) is 7.00. The van der Waals surface area contributed by atoms with Gasteiger partial charge in [0.2, 0.25) is 15.9 Å². The third-order valence-corrected chi connectivity index (χ3v) is 5.10. The lowest BCUT2D eigenvalue weighted by Gasteiger charge is -2.35. The van der Waals surface area contributed by atoms with Crippen molar-refractivity contribution in [1.82, 2.24) is 14.9 Å². The molecule has 1 saturated heterocycles. The van der Waals surface area contributed by atoms with Gasteiger partial charge in [0.15, 0.2) is 0 Å². The summed E-state index contributed by atoms with van der Waals surface area (Å²) in [6.45, 7) is 5.58. The number of hydrogen-bond donors (Lipinski definition) is 2. The lowest BCUT2D eigenvalue weighted by atomic mass is 10.2. The van der Waals surface area contributed by atoms with Crippen LogP contribution in [0.2, 0.25) is 0 Å². The zero-order chi connectivity index (χ0) is 15.5. The molecule has 2 rings (SSSR count). The third kappa shape index (κ3) is 3.81. The van der Waals surface area contributed by atoms with Crippen molar-refractivity contribution in [3.63, 3.8) is 0 Å². The van der Waals surface area contributed by atoms with Crippen molar-refractivity contribution >= 4 is 15.9 Å². The van der Waals surface area contributed by atoms with Gasteiger partial charge in [-0.2, -0.15) is 4.72 Å². The van der Waals surface area contributed by atoms with Crippen LogP contribution in [0.3, 0.4) is 0 Å². The first-order chi connectivity index (χ1) is 9.92. The molecule has 0 aromatic heterocycles. The fraction of sp³-hybridized carbons (Fsp3) is 0.500. The van der Waals surface area contributed by atoms with Crippen molar-refractivity contribution in [2.24, 2.45) is 0 Å². The Morgan fingerprint density at radius 3 is 2.67 bits per heavy atom. The fourth-order valence-corrected chi connectivity index (χ4v) is 3.59. The van der Waals surface area contributed by atoms with Gasteiger partial charge in [-0.3, -0.25) is 4.79 Å². The summed E-state index contributed by atoms with van der Waals surface area (Å²) in [4.78, 5) is 14.3. The fourth-order valence-electron chi connectivity index (χ4n) is 2.37. The Morgan fingerprint density at radius 2 is 2.05 bits per heavy atom. The normalized spacial score (nSPS) is 21.0. The van der Waals surface area contributed by atoms with Crippen LogP contribution >= 0.6 is 0 Å². The van der Waals surface area contributed by atoms with E-state index in [1.807, 2.05) is 6.92 Å². The maximum Gasteiger partial charge on any atom is 0.241 e. The molecular weight excluding hydrogens is 290 g/mol. The second-order valence-corrected chi connectivity index (χ2v) is 6.95. The van der Waals surface area contributed by atoms with Crippen LogP contribution in [0.15, 0.2) is 35.2 Å². The average molecular weight is 311 g/mol. The minimum absolute atomic E-state index is 0.0647. The van der Waals surface area contributed by atoms with Crippen LogP contribution in [-0.4, -0.2) is 50.9 Å². The molecule has 21 heavy (non-hydrogen) atoms. The summed E-state index contributed by atoms with van der Waals surface area (Å²) in [5.41, 5.74) is 0. The van der Waals surface area contributed by atoms with E-state index in [1.54, 1.807) is 30.0 Å². The molecule has 1 fully saturated rings. The molecule has 2 atom stereocenters. The molecule has 1 amide bonds. The quantitative estimate of drug-likeness (QED) is 0.831. The summed E-state index contributed by atoms with van der Waals surface area (Å²) in [5, 5.41) is 3.20. The van der Waals surface area contributed by atoms with E-state index in [-0.39, 0.29) is 16.8 Å². The second kappa shape index (κ2) is 6.55. The second-order valence-electron chi connectivity index (χ2n) is 5.24. The summed E-state index contributed by atoms with van der Waals surface area (Å²) in [7, 11) is -3.67. The molecule has 7 heteroatoms. The largest absolute Gasteiger partial charge is 0.336 e. The van der Waals surface area contributed by atoms with Gasteiger partial charge in [-0.15, -0.1) is 0 Å². The smallest absolute Gasteiger partial charge is 0.241 e. The van der Waals surface area contributed by atoms with Gasteiger partial charge in [0, 0.05) is 25.7 Å². The number of carbonyl (C=O) groups excluding carboxylic acids is 1. The van der Waals surface area contributed by atoms with Crippen molar-refractivity contribution in [3.05, 3.63) is 30.3 Å². The van der Waals surface area contributed by atoms with Crippen LogP contribution < -0.4 is 10.0 Å². The molecule has 0 bridgehead atoms. The highest BCUT2D eigenvalue weighted by Crippen LogP contribution is 2.10. The zero-order valence-corrected chi connectivity index (χ0v) is 13.1. The van der Waals surface area contributed by atoms with E-state index in [4.69, 9.17) is 0 Å². The Hall–Kier alpha value is -1.44. The SMILES string of the molecule is CC(NS(=O)(=O)c1ccccc1)C(=O)N1CCNC[C@@H]1C. The van der Waals surface area contributed by atoms with Gasteiger partial charge in [0.1, 0.15) is 0 Å². The van der Waals surface area contributed by atoms with Crippen molar-refractivity contribution in [1.29, 1.82) is 0 Å². The van der Waals surface area contributed by atoms with E-state index in [9.17, 15) is 13.2 Å². The van der Waals surface area contributed by atoms with Crippen molar-refractivity contribution in [2.45, 2.75) is 30.8 Å². The topological polar surface area (TPSA) is 78.5 Å². The number of hydrogen-bond acceptors (Lipinski definition) is 4. The molecule has 0 radical (unpaired) electrons. The first-order valence-corrected chi connectivity index (χ1v) is 8.48. The number of piperazine rings is 1. The summed E-state index contributed by atoms with van der Waals surface area (Å²) in [6.07, 6.45) is 0. The average Bonchev–Trinajstić information content (AvgIpc) is 2.47. The van der Waals surface area contributed by atoms with E-state index in [0.29, 0.717) is 6.54 Å². The highest BCUT2D eigenvalue weighted by Gasteiger charge is 2.29. The Morgan fingerprint density at radius 1 is 1.38 bits per heavy atom. The Balaban J connectivity index is 2.07. The maximum atomic E-state index is 12.4. The number of amides is 1. The van der Waals surface area contributed by atoms with E-state index in [2.05, 4.69) is 10.0 Å². The number of carbonyl (C=O) groups is 1. The maximum absolute atomic E-state index is 12.4. The van der Waals surface area contributed by atoms with Gasteiger partial charge in [-0.1, -0.05) is 18.2 Å². The number of nitrogens with one attached hydrogen (secondary N) is 2. The molecule has 1 unspecified atom stereocenters. The van der Waals surface area contributed by atoms with Gasteiger partial charge in [0.25, 0.3) is 0 Å². The molecule has 1 aromatic carbocycles. The molecule has 1 aliphatic heterocycles. The van der Waals surface area contributed by atoms with Crippen LogP contribution in [0.4, 0.5) is 0 Å². The molecule has 6 nitrogen and oxygen atoms in total. The summed E-state index contributed by atoms with van der Waals surface area (Å²) < 4.78 is 26.9. The Kier molecular flexibility index (Phi) is 4.97. The molecular formula is C14H21N3O3S. The minimum atomic E-state index is -3.67. The van der Waals surface area contributed by atoms with E-state index < -0.39 is 16.1 Å². The van der Waals surface area contributed by atoms with Crippen LogP contribution in [0.25, 0.3) is 0 Å². The third-order valence-electron chi connectivity index (χ3n) is 3.54. The molecule has 0 spiro atoms. The van der Waals surface area contributed by atoms with Gasteiger partial charge >= 0.3 is 0 Å². The van der Waals surface area contributed by atoms with Gasteiger partial charge in [0.05, 0.1) is 10.9 Å². The van der Waals surface area contributed by atoms with E-state index >= 15 is 0 Å². The Labute approximate surface area is 125 Å². The van der Waals surface area contributed by atoms with Crippen molar-refractivity contribution in [2.75, 3.05) is 19.6 Å². The molecule has 1 aromatic rings. The van der Waals surface area contributed by atoms with E-state index in [0.717, 1.165) is 13.1 Å². The summed E-state index contributed by atoms with van der Waals surface area (Å²) >= 11 is 0. The highest BCUT2D eigenvalue weighted by molar-refractivity contribution is 7.89. The predicted octanol–water partition coefficient (Wildman–Crippen LogP) is 0.174. The molecule has 1 aliphatic rings. The number of rotatable bonds is 4. The predicted molar refractivity (Wildman–Crippen MR) is 80.3 cm³/mol. The molecule has 116 valence electrons. The van der Waals surface area contributed by atoms with Crippen LogP contribution in [0.5, 0.6) is 0 Å². The molecule has 0 saturated carbocycles. The number of benzene rings is 1. The standard InChI is InChI=1S/C14H21N3O3S/c1-11-10-15-8-9-17(11)14(18)12(2)16-21(19,20)13-6-4-3-5-7-13/h3-7,11-12,15-16H,8-10H2,1-2H3/t11-,12?/m0/s1. The number of sulfonamides is 1. The first kappa shape index (κ1) is 15.9. The van der Waals surface area contributed by atoms with Crippen LogP contribution in [0, 0.1) is 0 Å². The van der Waals surface area contributed by atoms with Gasteiger partial charge in [-0.25, -0.2) is 8.42 Å². The summed E-state index contributed by atoms with van der Waals surface area (Å²) in [6, 6.07) is 7.35. The zero-order valence-electron chi connectivity index (χ0n) is 12.2. The van der Waals surface area contributed by atoms with Crippen LogP contribution in [0.1, 0.15) is 13.8 Å². The lowest BCUT2D eigenvalue weighted by molar-refractivity contribution is -0.135. The van der Waals surface area contributed by atoms with Crippen LogP contribution in [-0.2, 0) is 14.8 Å². The van der Waals surface area contributed by atoms with Crippen molar-refractivity contribution < 1.29 is 13.2 Å². The molecule has 2 N–H and O–H groups in total. The number of nitrogens with zero attached hydrogens (tertiary/aromatic N) is 1. The highest BCUT2D eigenvalue weighted by atomic mass is 32.2. The lowest BCUT2D eigenvalue weighted by Crippen LogP contribution is -2.57. The van der Waals surface area contributed by atoms with Crippen molar-refractivity contribution in [3.8, 4) is 0 Å². The summed E-state index contributed by atoms with van der Waals surface area (Å²) in [5.74, 6) is -0.191. The monoisotopic (exact) mass is 311 g/mol. The van der Waals surface area contributed by atoms with E-state index in [1.165, 1.54) is 12.1 Å².